The molecular formula is C12H13ClN8. The average molecular weight is 305 g/mol. The van der Waals surface area contributed by atoms with E-state index in [0.29, 0.717) is 18.4 Å². The first-order valence-corrected chi connectivity index (χ1v) is 6.60. The van der Waals surface area contributed by atoms with Gasteiger partial charge in [0.15, 0.2) is 0 Å². The molecule has 0 spiro atoms. The summed E-state index contributed by atoms with van der Waals surface area (Å²) in [5, 5.41) is 4.21. The fourth-order valence-electron chi connectivity index (χ4n) is 1.82. The number of aromatic nitrogens is 7. The first-order valence-electron chi connectivity index (χ1n) is 6.22. The maximum atomic E-state index is 5.97. The molecule has 3 aromatic heterocycles. The lowest BCUT2D eigenvalue weighted by Crippen LogP contribution is -2.22. The van der Waals surface area contributed by atoms with Crippen LogP contribution in [-0.4, -0.2) is 41.3 Å². The number of halogens is 1. The molecule has 0 fully saturated rings. The van der Waals surface area contributed by atoms with Crippen LogP contribution in [0.1, 0.15) is 5.82 Å². The molecule has 0 aliphatic rings. The summed E-state index contributed by atoms with van der Waals surface area (Å²) < 4.78 is 3.47. The van der Waals surface area contributed by atoms with Crippen LogP contribution >= 0.6 is 11.6 Å². The highest BCUT2D eigenvalue weighted by Crippen LogP contribution is 2.13. The number of aryl methyl sites for hydroxylation is 1. The van der Waals surface area contributed by atoms with E-state index in [1.165, 1.54) is 4.68 Å². The van der Waals surface area contributed by atoms with E-state index in [1.54, 1.807) is 24.7 Å². The first-order chi connectivity index (χ1) is 10.1. The highest BCUT2D eigenvalue weighted by molar-refractivity contribution is 6.28. The second-order valence-electron chi connectivity index (χ2n) is 4.47. The quantitative estimate of drug-likeness (QED) is 0.718. The van der Waals surface area contributed by atoms with E-state index < -0.39 is 0 Å². The molecular weight excluding hydrogens is 292 g/mol. The lowest BCUT2D eigenvalue weighted by atomic mass is 10.5. The van der Waals surface area contributed by atoms with Crippen molar-refractivity contribution in [2.45, 2.75) is 6.54 Å². The second-order valence-corrected chi connectivity index (χ2v) is 4.80. The molecule has 0 radical (unpaired) electrons. The van der Waals surface area contributed by atoms with Crippen LogP contribution in [0.4, 0.5) is 5.95 Å². The van der Waals surface area contributed by atoms with Crippen molar-refractivity contribution in [2.24, 2.45) is 7.05 Å². The zero-order chi connectivity index (χ0) is 14.8. The Bertz CT molecular complexity index is 736. The molecule has 3 rings (SSSR count). The molecule has 0 amide bonds. The molecule has 108 valence electrons. The Morgan fingerprint density at radius 2 is 2.05 bits per heavy atom. The summed E-state index contributed by atoms with van der Waals surface area (Å²) in [6, 6.07) is 1.79. The Balaban J connectivity index is 1.89. The van der Waals surface area contributed by atoms with Crippen molar-refractivity contribution in [3.8, 4) is 5.95 Å². The van der Waals surface area contributed by atoms with Crippen LogP contribution in [0, 0.1) is 0 Å². The maximum absolute atomic E-state index is 5.97. The molecule has 0 N–H and O–H groups in total. The number of hydrogen-bond acceptors (Lipinski definition) is 6. The zero-order valence-corrected chi connectivity index (χ0v) is 12.3. The van der Waals surface area contributed by atoms with Crippen molar-refractivity contribution in [2.75, 3.05) is 11.9 Å². The smallest absolute Gasteiger partial charge is 0.256 e. The van der Waals surface area contributed by atoms with Gasteiger partial charge in [-0.25, -0.2) is 9.67 Å². The van der Waals surface area contributed by atoms with Gasteiger partial charge in [0, 0.05) is 38.9 Å². The number of hydrogen-bond donors (Lipinski definition) is 0. The minimum absolute atomic E-state index is 0.122. The summed E-state index contributed by atoms with van der Waals surface area (Å²) in [5.74, 6) is 1.74. The van der Waals surface area contributed by atoms with Crippen molar-refractivity contribution in [1.82, 2.24) is 34.3 Å². The van der Waals surface area contributed by atoms with Gasteiger partial charge in [0.05, 0.1) is 6.54 Å². The van der Waals surface area contributed by atoms with E-state index in [4.69, 9.17) is 11.6 Å². The molecule has 3 heterocycles. The summed E-state index contributed by atoms with van der Waals surface area (Å²) in [6.45, 7) is 0.558. The van der Waals surface area contributed by atoms with E-state index in [0.717, 1.165) is 5.82 Å². The van der Waals surface area contributed by atoms with Crippen LogP contribution in [0.15, 0.2) is 30.9 Å². The van der Waals surface area contributed by atoms with Gasteiger partial charge in [-0.3, -0.25) is 0 Å². The van der Waals surface area contributed by atoms with Gasteiger partial charge in [-0.1, -0.05) is 0 Å². The first kappa shape index (κ1) is 13.5. The zero-order valence-electron chi connectivity index (χ0n) is 11.5. The van der Waals surface area contributed by atoms with Crippen LogP contribution in [-0.2, 0) is 13.6 Å². The van der Waals surface area contributed by atoms with Gasteiger partial charge in [0.1, 0.15) is 5.82 Å². The summed E-state index contributed by atoms with van der Waals surface area (Å²) in [5.41, 5.74) is 0. The van der Waals surface area contributed by atoms with Crippen molar-refractivity contribution in [1.29, 1.82) is 0 Å². The summed E-state index contributed by atoms with van der Waals surface area (Å²) >= 11 is 5.97. The fraction of sp³-hybridized carbons (Fsp3) is 0.250. The van der Waals surface area contributed by atoms with Gasteiger partial charge >= 0.3 is 0 Å². The number of rotatable bonds is 4. The molecule has 0 unspecified atom stereocenters. The van der Waals surface area contributed by atoms with E-state index >= 15 is 0 Å². The van der Waals surface area contributed by atoms with E-state index in [2.05, 4.69) is 25.0 Å². The molecule has 0 aliphatic heterocycles. The summed E-state index contributed by atoms with van der Waals surface area (Å²) in [4.78, 5) is 18.7. The highest BCUT2D eigenvalue weighted by atomic mass is 35.5. The molecule has 9 heteroatoms. The third kappa shape index (κ3) is 2.84. The Kier molecular flexibility index (Phi) is 3.53. The highest BCUT2D eigenvalue weighted by Gasteiger charge is 2.12. The van der Waals surface area contributed by atoms with E-state index in [1.807, 2.05) is 29.8 Å². The second kappa shape index (κ2) is 5.49. The van der Waals surface area contributed by atoms with Gasteiger partial charge in [-0.2, -0.15) is 20.1 Å². The normalized spacial score (nSPS) is 10.8. The molecule has 0 saturated heterocycles. The predicted octanol–water partition coefficient (Wildman–Crippen LogP) is 1.08. The van der Waals surface area contributed by atoms with Gasteiger partial charge in [-0.05, 0) is 17.7 Å². The lowest BCUT2D eigenvalue weighted by Gasteiger charge is -2.17. The van der Waals surface area contributed by atoms with E-state index in [9.17, 15) is 0 Å². The molecule has 0 atom stereocenters. The maximum Gasteiger partial charge on any atom is 0.256 e. The van der Waals surface area contributed by atoms with Crippen LogP contribution in [0.5, 0.6) is 0 Å². The molecule has 21 heavy (non-hydrogen) atoms. The molecule has 8 nitrogen and oxygen atoms in total. The minimum Gasteiger partial charge on any atom is -0.337 e. The van der Waals surface area contributed by atoms with Gasteiger partial charge in [0.2, 0.25) is 11.2 Å². The van der Waals surface area contributed by atoms with Crippen LogP contribution in [0.3, 0.4) is 0 Å². The monoisotopic (exact) mass is 304 g/mol. The minimum atomic E-state index is 0.122. The molecule has 3 aromatic rings. The molecule has 0 saturated carbocycles. The number of anilines is 1. The summed E-state index contributed by atoms with van der Waals surface area (Å²) in [7, 11) is 3.80. The third-order valence-electron chi connectivity index (χ3n) is 2.93. The largest absolute Gasteiger partial charge is 0.337 e. The van der Waals surface area contributed by atoms with Crippen molar-refractivity contribution in [3.63, 3.8) is 0 Å². The van der Waals surface area contributed by atoms with Gasteiger partial charge in [0.25, 0.3) is 5.95 Å². The van der Waals surface area contributed by atoms with E-state index in [-0.39, 0.29) is 5.28 Å². The standard InChI is InChI=1S/C12H13ClN8/c1-19-7-5-14-9(19)8-20(2)11-16-10(13)17-12(18-11)21-6-3-4-15-21/h3-7H,8H2,1-2H3. The van der Waals surface area contributed by atoms with Crippen molar-refractivity contribution in [3.05, 3.63) is 42.0 Å². The van der Waals surface area contributed by atoms with Crippen LogP contribution in [0.25, 0.3) is 5.95 Å². The Hall–Kier alpha value is -2.48. The van der Waals surface area contributed by atoms with Crippen molar-refractivity contribution < 1.29 is 0 Å². The lowest BCUT2D eigenvalue weighted by molar-refractivity contribution is 0.731. The Morgan fingerprint density at radius 3 is 2.71 bits per heavy atom. The Morgan fingerprint density at radius 1 is 1.19 bits per heavy atom. The summed E-state index contributed by atoms with van der Waals surface area (Å²) in [6.07, 6.45) is 7.03. The Labute approximate surface area is 126 Å². The fourth-order valence-corrected chi connectivity index (χ4v) is 1.97. The molecule has 0 aromatic carbocycles. The SMILES string of the molecule is CN(Cc1nccn1C)c1nc(Cl)nc(-n2cccn2)n1. The van der Waals surface area contributed by atoms with Crippen LogP contribution in [0.2, 0.25) is 5.28 Å². The van der Waals surface area contributed by atoms with Crippen molar-refractivity contribution >= 4 is 17.5 Å². The van der Waals surface area contributed by atoms with Crippen LogP contribution < -0.4 is 4.90 Å². The third-order valence-corrected chi connectivity index (χ3v) is 3.10. The average Bonchev–Trinajstić information content (AvgIpc) is 3.11. The van der Waals surface area contributed by atoms with Gasteiger partial charge in [-0.15, -0.1) is 0 Å². The van der Waals surface area contributed by atoms with Gasteiger partial charge < -0.3 is 9.47 Å². The number of nitrogens with zero attached hydrogens (tertiary/aromatic N) is 8. The predicted molar refractivity (Wildman–Crippen MR) is 77.3 cm³/mol. The number of imidazole rings is 1. The molecule has 0 aliphatic carbocycles. The molecule has 0 bridgehead atoms. The topological polar surface area (TPSA) is 77.5 Å².